The fourth-order valence-electron chi connectivity index (χ4n) is 3.68. The fraction of sp³-hybridized carbons (Fsp3) is 0.611. The Morgan fingerprint density at radius 3 is 2.76 bits per heavy atom. The van der Waals surface area contributed by atoms with E-state index in [0.717, 1.165) is 11.3 Å². The molecule has 1 fully saturated rings. The van der Waals surface area contributed by atoms with E-state index in [2.05, 4.69) is 5.32 Å². The van der Waals surface area contributed by atoms with E-state index in [1.54, 1.807) is 0 Å². The van der Waals surface area contributed by atoms with E-state index >= 15 is 0 Å². The molecule has 0 unspecified atom stereocenters. The van der Waals surface area contributed by atoms with Crippen molar-refractivity contribution in [2.45, 2.75) is 44.8 Å². The van der Waals surface area contributed by atoms with Gasteiger partial charge in [-0.1, -0.05) is 18.2 Å². The van der Waals surface area contributed by atoms with Gasteiger partial charge < -0.3 is 10.1 Å². The van der Waals surface area contributed by atoms with Gasteiger partial charge in [-0.3, -0.25) is 4.79 Å². The Morgan fingerprint density at radius 2 is 2.04 bits per heavy atom. The molecule has 6 nitrogen and oxygen atoms in total. The lowest BCUT2D eigenvalue weighted by Gasteiger charge is -2.39. The number of sulfonamides is 1. The minimum atomic E-state index is -3.26. The number of hydrogen-bond acceptors (Lipinski definition) is 4. The number of para-hydroxylation sites is 1. The molecule has 1 aromatic carbocycles. The van der Waals surface area contributed by atoms with Gasteiger partial charge in [-0.05, 0) is 32.8 Å². The molecule has 2 aliphatic heterocycles. The summed E-state index contributed by atoms with van der Waals surface area (Å²) in [5.41, 5.74) is 0.614. The summed E-state index contributed by atoms with van der Waals surface area (Å²) in [7, 11) is -3.26. The molecule has 1 aromatic rings. The summed E-state index contributed by atoms with van der Waals surface area (Å²) in [5, 5.41) is 3.13. The Kier molecular flexibility index (Phi) is 4.81. The van der Waals surface area contributed by atoms with E-state index in [1.807, 2.05) is 38.1 Å². The first-order chi connectivity index (χ1) is 11.7. The van der Waals surface area contributed by atoms with Crippen molar-refractivity contribution in [3.63, 3.8) is 0 Å². The van der Waals surface area contributed by atoms with Crippen molar-refractivity contribution >= 4 is 15.9 Å². The number of nitrogens with one attached hydrogen (secondary N) is 1. The van der Waals surface area contributed by atoms with E-state index in [-0.39, 0.29) is 30.0 Å². The molecule has 3 rings (SSSR count). The average Bonchev–Trinajstić information content (AvgIpc) is 2.53. The summed E-state index contributed by atoms with van der Waals surface area (Å²) >= 11 is 0. The van der Waals surface area contributed by atoms with Crippen molar-refractivity contribution in [3.05, 3.63) is 29.8 Å². The van der Waals surface area contributed by atoms with Gasteiger partial charge in [0.1, 0.15) is 11.4 Å². The van der Waals surface area contributed by atoms with Crippen LogP contribution in [0, 0.1) is 5.92 Å². The highest BCUT2D eigenvalue weighted by molar-refractivity contribution is 7.88. The largest absolute Gasteiger partial charge is 0.487 e. The Morgan fingerprint density at radius 1 is 1.32 bits per heavy atom. The zero-order valence-electron chi connectivity index (χ0n) is 15.0. The van der Waals surface area contributed by atoms with E-state index in [0.29, 0.717) is 25.8 Å². The van der Waals surface area contributed by atoms with E-state index in [4.69, 9.17) is 4.74 Å². The highest BCUT2D eigenvalue weighted by Gasteiger charge is 2.36. The van der Waals surface area contributed by atoms with Crippen LogP contribution in [0.25, 0.3) is 0 Å². The molecule has 0 bridgehead atoms. The van der Waals surface area contributed by atoms with Gasteiger partial charge in [0.05, 0.1) is 18.2 Å². The first kappa shape index (κ1) is 18.2. The molecule has 2 heterocycles. The molecule has 2 atom stereocenters. The minimum Gasteiger partial charge on any atom is -0.487 e. The van der Waals surface area contributed by atoms with Gasteiger partial charge in [0, 0.05) is 25.1 Å². The van der Waals surface area contributed by atoms with Crippen LogP contribution in [0.3, 0.4) is 0 Å². The molecule has 2 aliphatic rings. The molecule has 138 valence electrons. The third kappa shape index (κ3) is 4.15. The van der Waals surface area contributed by atoms with Crippen LogP contribution in [-0.4, -0.2) is 43.6 Å². The van der Waals surface area contributed by atoms with Crippen molar-refractivity contribution in [1.82, 2.24) is 9.62 Å². The molecular weight excluding hydrogens is 340 g/mol. The zero-order valence-corrected chi connectivity index (χ0v) is 15.8. The second-order valence-electron chi connectivity index (χ2n) is 7.63. The lowest BCUT2D eigenvalue weighted by molar-refractivity contribution is -0.127. The number of nitrogens with zero attached hydrogens (tertiary/aromatic N) is 1. The molecule has 7 heteroatoms. The smallest absolute Gasteiger partial charge is 0.224 e. The van der Waals surface area contributed by atoms with Gasteiger partial charge in [-0.15, -0.1) is 0 Å². The number of hydrogen-bond donors (Lipinski definition) is 1. The topological polar surface area (TPSA) is 75.7 Å². The number of rotatable bonds is 3. The number of piperidine rings is 1. The number of benzene rings is 1. The molecule has 0 aliphatic carbocycles. The predicted molar refractivity (Wildman–Crippen MR) is 95.8 cm³/mol. The second kappa shape index (κ2) is 6.61. The van der Waals surface area contributed by atoms with Crippen molar-refractivity contribution in [3.8, 4) is 5.75 Å². The van der Waals surface area contributed by atoms with E-state index < -0.39 is 10.0 Å². The van der Waals surface area contributed by atoms with Gasteiger partial charge >= 0.3 is 0 Å². The maximum absolute atomic E-state index is 12.8. The molecule has 0 aromatic heterocycles. The van der Waals surface area contributed by atoms with Gasteiger partial charge in [-0.25, -0.2) is 12.7 Å². The van der Waals surface area contributed by atoms with Crippen LogP contribution in [-0.2, 0) is 14.8 Å². The zero-order chi connectivity index (χ0) is 18.2. The quantitative estimate of drug-likeness (QED) is 0.889. The standard InChI is InChI=1S/C18H26N2O4S/c1-18(2)11-15(14-8-4-5-9-16(14)24-18)19-17(21)13-7-6-10-20(12-13)25(3,22)23/h4-5,8-9,13,15H,6-7,10-12H2,1-3H3,(H,19,21)/t13-,15-/m0/s1. The maximum atomic E-state index is 12.8. The minimum absolute atomic E-state index is 0.0779. The van der Waals surface area contributed by atoms with Gasteiger partial charge in [-0.2, -0.15) is 0 Å². The molecular formula is C18H26N2O4S. The van der Waals surface area contributed by atoms with Crippen LogP contribution >= 0.6 is 0 Å². The Balaban J connectivity index is 1.74. The fourth-order valence-corrected chi connectivity index (χ4v) is 4.59. The van der Waals surface area contributed by atoms with E-state index in [9.17, 15) is 13.2 Å². The van der Waals surface area contributed by atoms with Crippen molar-refractivity contribution in [2.24, 2.45) is 5.92 Å². The summed E-state index contributed by atoms with van der Waals surface area (Å²) in [6, 6.07) is 7.62. The number of carbonyl (C=O) groups is 1. The Bertz CT molecular complexity index is 760. The summed E-state index contributed by atoms with van der Waals surface area (Å²) in [5.74, 6) is 0.415. The highest BCUT2D eigenvalue weighted by Crippen LogP contribution is 2.39. The Labute approximate surface area is 149 Å². The molecule has 0 radical (unpaired) electrons. The van der Waals surface area contributed by atoms with Crippen LogP contribution < -0.4 is 10.1 Å². The van der Waals surface area contributed by atoms with Crippen LogP contribution in [0.1, 0.15) is 44.7 Å². The number of ether oxygens (including phenoxy) is 1. The van der Waals surface area contributed by atoms with Crippen LogP contribution in [0.15, 0.2) is 24.3 Å². The molecule has 0 saturated carbocycles. The molecule has 0 spiro atoms. The SMILES string of the molecule is CC1(C)C[C@H](NC(=O)[C@H]2CCCN(S(C)(=O)=O)C2)c2ccccc2O1. The summed E-state index contributed by atoms with van der Waals surface area (Å²) in [4.78, 5) is 12.8. The summed E-state index contributed by atoms with van der Waals surface area (Å²) in [6.45, 7) is 4.77. The normalized spacial score (nSPS) is 26.4. The van der Waals surface area contributed by atoms with Crippen LogP contribution in [0.2, 0.25) is 0 Å². The summed E-state index contributed by atoms with van der Waals surface area (Å²) < 4.78 is 30.9. The van der Waals surface area contributed by atoms with Crippen LogP contribution in [0.5, 0.6) is 5.75 Å². The highest BCUT2D eigenvalue weighted by atomic mass is 32.2. The number of amides is 1. The molecule has 1 saturated heterocycles. The predicted octanol–water partition coefficient (Wildman–Crippen LogP) is 2.08. The average molecular weight is 366 g/mol. The Hall–Kier alpha value is -1.60. The molecule has 1 amide bonds. The molecule has 1 N–H and O–H groups in total. The maximum Gasteiger partial charge on any atom is 0.224 e. The van der Waals surface area contributed by atoms with Gasteiger partial charge in [0.15, 0.2) is 0 Å². The van der Waals surface area contributed by atoms with Crippen molar-refractivity contribution in [1.29, 1.82) is 0 Å². The first-order valence-electron chi connectivity index (χ1n) is 8.69. The monoisotopic (exact) mass is 366 g/mol. The third-order valence-electron chi connectivity index (χ3n) is 4.92. The van der Waals surface area contributed by atoms with E-state index in [1.165, 1.54) is 10.6 Å². The van der Waals surface area contributed by atoms with Crippen molar-refractivity contribution < 1.29 is 17.9 Å². The summed E-state index contributed by atoms with van der Waals surface area (Å²) in [6.07, 6.45) is 3.30. The second-order valence-corrected chi connectivity index (χ2v) is 9.61. The van der Waals surface area contributed by atoms with Crippen LogP contribution in [0.4, 0.5) is 0 Å². The third-order valence-corrected chi connectivity index (χ3v) is 6.19. The van der Waals surface area contributed by atoms with Gasteiger partial charge in [0.2, 0.25) is 15.9 Å². The molecule has 25 heavy (non-hydrogen) atoms. The number of carbonyl (C=O) groups excluding carboxylic acids is 1. The van der Waals surface area contributed by atoms with Gasteiger partial charge in [0.25, 0.3) is 0 Å². The lowest BCUT2D eigenvalue weighted by atomic mass is 9.89. The lowest BCUT2D eigenvalue weighted by Crippen LogP contribution is -2.47. The van der Waals surface area contributed by atoms with Crippen molar-refractivity contribution in [2.75, 3.05) is 19.3 Å². The number of fused-ring (bicyclic) bond motifs is 1. The first-order valence-corrected chi connectivity index (χ1v) is 10.5.